The number of aromatic carboxylic acids is 1. The van der Waals surface area contributed by atoms with Crippen LogP contribution in [0.25, 0.3) is 11.1 Å². The molecule has 0 unspecified atom stereocenters. The highest BCUT2D eigenvalue weighted by Crippen LogP contribution is 2.29. The van der Waals surface area contributed by atoms with Gasteiger partial charge in [-0.1, -0.05) is 30.3 Å². The Morgan fingerprint density at radius 3 is 2.37 bits per heavy atom. The number of carboxylic acids is 1. The summed E-state index contributed by atoms with van der Waals surface area (Å²) in [5.41, 5.74) is 1.94. The lowest BCUT2D eigenvalue weighted by Gasteiger charge is -2.08. The van der Waals surface area contributed by atoms with E-state index in [4.69, 9.17) is 4.74 Å². The van der Waals surface area contributed by atoms with Crippen molar-refractivity contribution in [3.63, 3.8) is 0 Å². The molecular weight excluding hydrogens is 240 g/mol. The number of ether oxygens (including phenoxy) is 1. The number of benzene rings is 2. The topological polar surface area (TPSA) is 46.5 Å². The van der Waals surface area contributed by atoms with Crippen LogP contribution < -0.4 is 4.74 Å². The van der Waals surface area contributed by atoms with Crippen LogP contribution in [0, 0.1) is 0 Å². The molecule has 0 spiro atoms. The standard InChI is InChI=1S/C16H14O3/c17-16(18)15-4-2-1-3-14(15)11-5-7-12(8-6-11)19-13-9-10-13/h1-8,13H,9-10H2,(H,17,18). The smallest absolute Gasteiger partial charge is 0.336 e. The molecule has 3 heteroatoms. The molecule has 0 amide bonds. The Balaban J connectivity index is 1.91. The van der Waals surface area contributed by atoms with E-state index in [1.807, 2.05) is 36.4 Å². The van der Waals surface area contributed by atoms with E-state index in [2.05, 4.69) is 0 Å². The van der Waals surface area contributed by atoms with Crippen LogP contribution in [-0.2, 0) is 0 Å². The van der Waals surface area contributed by atoms with Crippen molar-refractivity contribution >= 4 is 5.97 Å². The fraction of sp³-hybridized carbons (Fsp3) is 0.188. The highest BCUT2D eigenvalue weighted by Gasteiger charge is 2.23. The summed E-state index contributed by atoms with van der Waals surface area (Å²) < 4.78 is 5.68. The first-order chi connectivity index (χ1) is 9.24. The molecule has 2 aromatic rings. The lowest BCUT2D eigenvalue weighted by molar-refractivity contribution is 0.0697. The Labute approximate surface area is 111 Å². The summed E-state index contributed by atoms with van der Waals surface area (Å²) >= 11 is 0. The first-order valence-electron chi connectivity index (χ1n) is 6.33. The summed E-state index contributed by atoms with van der Waals surface area (Å²) in [7, 11) is 0. The minimum absolute atomic E-state index is 0.318. The molecule has 0 aliphatic heterocycles. The summed E-state index contributed by atoms with van der Waals surface area (Å²) in [4.78, 5) is 11.2. The molecule has 0 bridgehead atoms. The molecule has 0 saturated heterocycles. The van der Waals surface area contributed by atoms with Gasteiger partial charge in [-0.25, -0.2) is 4.79 Å². The molecule has 0 heterocycles. The van der Waals surface area contributed by atoms with Gasteiger partial charge >= 0.3 is 5.97 Å². The Bertz CT molecular complexity index is 598. The zero-order chi connectivity index (χ0) is 13.2. The minimum Gasteiger partial charge on any atom is -0.490 e. The third kappa shape index (κ3) is 2.60. The van der Waals surface area contributed by atoms with E-state index in [0.717, 1.165) is 29.7 Å². The maximum absolute atomic E-state index is 11.2. The average molecular weight is 254 g/mol. The second-order valence-electron chi connectivity index (χ2n) is 4.69. The van der Waals surface area contributed by atoms with E-state index >= 15 is 0 Å². The van der Waals surface area contributed by atoms with E-state index in [9.17, 15) is 9.90 Å². The molecule has 0 aromatic heterocycles. The Morgan fingerprint density at radius 1 is 1.05 bits per heavy atom. The normalized spacial score (nSPS) is 14.1. The van der Waals surface area contributed by atoms with E-state index in [1.165, 1.54) is 0 Å². The van der Waals surface area contributed by atoms with Gasteiger partial charge in [0, 0.05) is 0 Å². The van der Waals surface area contributed by atoms with Crippen molar-refractivity contribution in [3.8, 4) is 16.9 Å². The maximum Gasteiger partial charge on any atom is 0.336 e. The third-order valence-corrected chi connectivity index (χ3v) is 3.15. The van der Waals surface area contributed by atoms with Crippen molar-refractivity contribution in [1.82, 2.24) is 0 Å². The number of hydrogen-bond acceptors (Lipinski definition) is 2. The lowest BCUT2D eigenvalue weighted by atomic mass is 10.00. The average Bonchev–Trinajstić information content (AvgIpc) is 3.23. The molecule has 2 aromatic carbocycles. The fourth-order valence-electron chi connectivity index (χ4n) is 2.01. The first kappa shape index (κ1) is 11.8. The summed E-state index contributed by atoms with van der Waals surface area (Å²) in [5, 5.41) is 9.18. The van der Waals surface area contributed by atoms with Crippen LogP contribution in [0.3, 0.4) is 0 Å². The fourth-order valence-corrected chi connectivity index (χ4v) is 2.01. The largest absolute Gasteiger partial charge is 0.490 e. The number of carboxylic acid groups (broad SMARTS) is 1. The van der Waals surface area contributed by atoms with Crippen molar-refractivity contribution in [1.29, 1.82) is 0 Å². The van der Waals surface area contributed by atoms with E-state index in [-0.39, 0.29) is 0 Å². The maximum atomic E-state index is 11.2. The van der Waals surface area contributed by atoms with Gasteiger partial charge < -0.3 is 9.84 Å². The van der Waals surface area contributed by atoms with Gasteiger partial charge in [-0.15, -0.1) is 0 Å². The minimum atomic E-state index is -0.908. The van der Waals surface area contributed by atoms with Gasteiger partial charge in [0.2, 0.25) is 0 Å². The monoisotopic (exact) mass is 254 g/mol. The predicted molar refractivity (Wildman–Crippen MR) is 72.5 cm³/mol. The SMILES string of the molecule is O=C(O)c1ccccc1-c1ccc(OC2CC2)cc1. The third-order valence-electron chi connectivity index (χ3n) is 3.15. The zero-order valence-corrected chi connectivity index (χ0v) is 10.4. The van der Waals surface area contributed by atoms with E-state index < -0.39 is 5.97 Å². The van der Waals surface area contributed by atoms with Crippen LogP contribution in [0.2, 0.25) is 0 Å². The van der Waals surface area contributed by atoms with Gasteiger partial charge in [0.05, 0.1) is 11.7 Å². The highest BCUT2D eigenvalue weighted by atomic mass is 16.5. The molecule has 3 nitrogen and oxygen atoms in total. The molecule has 1 N–H and O–H groups in total. The predicted octanol–water partition coefficient (Wildman–Crippen LogP) is 3.59. The van der Waals surface area contributed by atoms with Gasteiger partial charge in [0.1, 0.15) is 5.75 Å². The number of carbonyl (C=O) groups is 1. The Hall–Kier alpha value is -2.29. The van der Waals surface area contributed by atoms with Crippen molar-refractivity contribution < 1.29 is 14.6 Å². The molecule has 96 valence electrons. The van der Waals surface area contributed by atoms with Crippen LogP contribution >= 0.6 is 0 Å². The van der Waals surface area contributed by atoms with Crippen molar-refractivity contribution in [2.75, 3.05) is 0 Å². The second-order valence-corrected chi connectivity index (χ2v) is 4.69. The molecule has 0 radical (unpaired) electrons. The molecule has 1 saturated carbocycles. The van der Waals surface area contributed by atoms with E-state index in [0.29, 0.717) is 11.7 Å². The molecule has 19 heavy (non-hydrogen) atoms. The molecule has 3 rings (SSSR count). The second kappa shape index (κ2) is 4.76. The van der Waals surface area contributed by atoms with Crippen LogP contribution in [0.15, 0.2) is 48.5 Å². The van der Waals surface area contributed by atoms with Crippen LogP contribution in [0.4, 0.5) is 0 Å². The first-order valence-corrected chi connectivity index (χ1v) is 6.33. The van der Waals surface area contributed by atoms with E-state index in [1.54, 1.807) is 12.1 Å². The van der Waals surface area contributed by atoms with Crippen LogP contribution in [0.1, 0.15) is 23.2 Å². The molecule has 1 fully saturated rings. The van der Waals surface area contributed by atoms with Gasteiger partial charge in [-0.05, 0) is 42.2 Å². The van der Waals surface area contributed by atoms with Gasteiger partial charge in [0.25, 0.3) is 0 Å². The van der Waals surface area contributed by atoms with Crippen LogP contribution in [-0.4, -0.2) is 17.2 Å². The van der Waals surface area contributed by atoms with Crippen LogP contribution in [0.5, 0.6) is 5.75 Å². The zero-order valence-electron chi connectivity index (χ0n) is 10.4. The molecule has 1 aliphatic rings. The highest BCUT2D eigenvalue weighted by molar-refractivity contribution is 5.96. The quantitative estimate of drug-likeness (QED) is 0.906. The number of rotatable bonds is 4. The van der Waals surface area contributed by atoms with Gasteiger partial charge in [-0.3, -0.25) is 0 Å². The molecule has 1 aliphatic carbocycles. The summed E-state index contributed by atoms with van der Waals surface area (Å²) in [6.45, 7) is 0. The lowest BCUT2D eigenvalue weighted by Crippen LogP contribution is -1.99. The molecular formula is C16H14O3. The summed E-state index contributed by atoms with van der Waals surface area (Å²) in [6.07, 6.45) is 2.63. The van der Waals surface area contributed by atoms with Gasteiger partial charge in [0.15, 0.2) is 0 Å². The Morgan fingerprint density at radius 2 is 1.74 bits per heavy atom. The Kier molecular flexibility index (Phi) is 2.95. The van der Waals surface area contributed by atoms with Crippen molar-refractivity contribution in [2.45, 2.75) is 18.9 Å². The van der Waals surface area contributed by atoms with Crippen molar-refractivity contribution in [2.24, 2.45) is 0 Å². The summed E-state index contributed by atoms with van der Waals surface area (Å²) in [6, 6.07) is 14.6. The van der Waals surface area contributed by atoms with Crippen molar-refractivity contribution in [3.05, 3.63) is 54.1 Å². The number of hydrogen-bond donors (Lipinski definition) is 1. The summed E-state index contributed by atoms with van der Waals surface area (Å²) in [5.74, 6) is -0.0621. The molecule has 0 atom stereocenters. The van der Waals surface area contributed by atoms with Gasteiger partial charge in [-0.2, -0.15) is 0 Å².